The van der Waals surface area contributed by atoms with E-state index < -0.39 is 6.10 Å². The Morgan fingerprint density at radius 3 is 2.53 bits per heavy atom. The molecule has 0 bridgehead atoms. The van der Waals surface area contributed by atoms with Crippen LogP contribution < -0.4 is 14.8 Å². The summed E-state index contributed by atoms with van der Waals surface area (Å²) >= 11 is 1.33. The minimum atomic E-state index is -0.583. The van der Waals surface area contributed by atoms with E-state index in [0.29, 0.717) is 11.6 Å². The van der Waals surface area contributed by atoms with Gasteiger partial charge >= 0.3 is 0 Å². The number of amides is 1. The number of benzene rings is 2. The molecule has 2 aromatic carbocycles. The Hall–Kier alpha value is -2.93. The van der Waals surface area contributed by atoms with Crippen molar-refractivity contribution < 1.29 is 14.3 Å². The molecule has 0 fully saturated rings. The molecule has 0 saturated carbocycles. The molecule has 1 aromatic heterocycles. The Labute approximate surface area is 180 Å². The van der Waals surface area contributed by atoms with Gasteiger partial charge in [-0.15, -0.1) is 10.2 Å². The molecule has 1 heterocycles. The predicted molar refractivity (Wildman–Crippen MR) is 118 cm³/mol. The zero-order chi connectivity index (χ0) is 20.9. The van der Waals surface area contributed by atoms with Gasteiger partial charge in [-0.25, -0.2) is 0 Å². The highest BCUT2D eigenvalue weighted by atomic mass is 32.1. The maximum Gasteiger partial charge on any atom is 0.267 e. The molecular weight excluding hydrogens is 398 g/mol. The third-order valence-electron chi connectivity index (χ3n) is 5.25. The van der Waals surface area contributed by atoms with Gasteiger partial charge in [0.1, 0.15) is 16.5 Å². The molecule has 0 saturated heterocycles. The number of aryl methyl sites for hydroxylation is 2. The van der Waals surface area contributed by atoms with E-state index in [4.69, 9.17) is 9.47 Å². The highest BCUT2D eigenvalue weighted by Gasteiger charge is 2.21. The lowest BCUT2D eigenvalue weighted by molar-refractivity contribution is -0.122. The van der Waals surface area contributed by atoms with Gasteiger partial charge < -0.3 is 9.47 Å². The van der Waals surface area contributed by atoms with Crippen molar-refractivity contribution in [2.24, 2.45) is 0 Å². The number of fused-ring (bicyclic) bond motifs is 1. The van der Waals surface area contributed by atoms with Crippen LogP contribution in [0.25, 0.3) is 10.6 Å². The van der Waals surface area contributed by atoms with Gasteiger partial charge in [-0.1, -0.05) is 24.3 Å². The van der Waals surface area contributed by atoms with Crippen molar-refractivity contribution >= 4 is 22.4 Å². The van der Waals surface area contributed by atoms with Gasteiger partial charge in [0, 0.05) is 5.56 Å². The van der Waals surface area contributed by atoms with E-state index in [1.165, 1.54) is 35.3 Å². The van der Waals surface area contributed by atoms with Crippen LogP contribution in [0.1, 0.15) is 37.3 Å². The van der Waals surface area contributed by atoms with E-state index in [9.17, 15) is 4.79 Å². The molecular formula is C23H25N3O3S. The Morgan fingerprint density at radius 2 is 1.80 bits per heavy atom. The van der Waals surface area contributed by atoms with E-state index in [2.05, 4.69) is 27.6 Å². The highest BCUT2D eigenvalue weighted by Crippen LogP contribution is 2.29. The van der Waals surface area contributed by atoms with Gasteiger partial charge in [0.25, 0.3) is 5.91 Å². The second kappa shape index (κ2) is 9.26. The molecule has 156 valence electrons. The number of rotatable bonds is 7. The smallest absolute Gasteiger partial charge is 0.267 e. The standard InChI is InChI=1S/C23H25N3O3S/c1-3-20(29-19-13-8-15-6-4-5-7-17(15)14-19)21(27)24-23-26-25-22(30-23)16-9-11-18(28-2)12-10-16/h8-14,20H,3-7H2,1-2H3,(H,24,26,27)/t20-/m1/s1. The van der Waals surface area contributed by atoms with E-state index in [-0.39, 0.29) is 5.91 Å². The summed E-state index contributed by atoms with van der Waals surface area (Å²) < 4.78 is 11.2. The number of nitrogens with one attached hydrogen (secondary N) is 1. The Balaban J connectivity index is 1.41. The molecule has 1 aliphatic rings. The number of carbonyl (C=O) groups excluding carboxylic acids is 1. The van der Waals surface area contributed by atoms with Crippen molar-refractivity contribution in [3.8, 4) is 22.1 Å². The van der Waals surface area contributed by atoms with Crippen molar-refractivity contribution in [1.29, 1.82) is 0 Å². The van der Waals surface area contributed by atoms with Crippen molar-refractivity contribution in [2.45, 2.75) is 45.1 Å². The van der Waals surface area contributed by atoms with Crippen molar-refractivity contribution in [3.05, 3.63) is 53.6 Å². The van der Waals surface area contributed by atoms with E-state index in [1.54, 1.807) is 7.11 Å². The SMILES string of the molecule is CC[C@@H](Oc1ccc2c(c1)CCCC2)C(=O)Nc1nnc(-c2ccc(OC)cc2)s1. The predicted octanol–water partition coefficient (Wildman–Crippen LogP) is 4.89. The first-order valence-electron chi connectivity index (χ1n) is 10.2. The summed E-state index contributed by atoms with van der Waals surface area (Å²) in [5, 5.41) is 12.3. The second-order valence-corrected chi connectivity index (χ2v) is 8.26. The van der Waals surface area contributed by atoms with E-state index >= 15 is 0 Å². The van der Waals surface area contributed by atoms with Crippen molar-refractivity contribution in [3.63, 3.8) is 0 Å². The fourth-order valence-corrected chi connectivity index (χ4v) is 4.33. The van der Waals surface area contributed by atoms with Crippen LogP contribution in [0, 0.1) is 0 Å². The zero-order valence-electron chi connectivity index (χ0n) is 17.2. The van der Waals surface area contributed by atoms with Crippen LogP contribution in [0.2, 0.25) is 0 Å². The summed E-state index contributed by atoms with van der Waals surface area (Å²) in [6.45, 7) is 1.94. The minimum absolute atomic E-state index is 0.215. The molecule has 30 heavy (non-hydrogen) atoms. The summed E-state index contributed by atoms with van der Waals surface area (Å²) in [7, 11) is 1.63. The maximum atomic E-state index is 12.8. The molecule has 0 aliphatic heterocycles. The molecule has 3 aromatic rings. The fraction of sp³-hybridized carbons (Fsp3) is 0.348. The number of carbonyl (C=O) groups is 1. The number of methoxy groups -OCH3 is 1. The molecule has 0 unspecified atom stereocenters. The second-order valence-electron chi connectivity index (χ2n) is 7.28. The Morgan fingerprint density at radius 1 is 1.07 bits per heavy atom. The third-order valence-corrected chi connectivity index (χ3v) is 6.14. The van der Waals surface area contributed by atoms with Crippen molar-refractivity contribution in [1.82, 2.24) is 10.2 Å². The molecule has 7 heteroatoms. The lowest BCUT2D eigenvalue weighted by Gasteiger charge is -2.20. The van der Waals surface area contributed by atoms with Crippen molar-refractivity contribution in [2.75, 3.05) is 12.4 Å². The molecule has 0 spiro atoms. The average molecular weight is 424 g/mol. The van der Waals surface area contributed by atoms with Crippen LogP contribution in [-0.4, -0.2) is 29.3 Å². The van der Waals surface area contributed by atoms with Crippen LogP contribution in [0.5, 0.6) is 11.5 Å². The lowest BCUT2D eigenvalue weighted by atomic mass is 9.92. The normalized spacial score (nSPS) is 13.9. The topological polar surface area (TPSA) is 73.3 Å². The first-order valence-corrected chi connectivity index (χ1v) is 11.0. The quantitative estimate of drug-likeness (QED) is 0.586. The molecule has 6 nitrogen and oxygen atoms in total. The number of hydrogen-bond acceptors (Lipinski definition) is 6. The number of ether oxygens (including phenoxy) is 2. The van der Waals surface area contributed by atoms with Crippen LogP contribution in [0.4, 0.5) is 5.13 Å². The number of hydrogen-bond donors (Lipinski definition) is 1. The minimum Gasteiger partial charge on any atom is -0.497 e. The van der Waals surface area contributed by atoms with Crippen LogP contribution >= 0.6 is 11.3 Å². The van der Waals surface area contributed by atoms with Gasteiger partial charge in [-0.2, -0.15) is 0 Å². The van der Waals surface area contributed by atoms with Gasteiger partial charge in [0.15, 0.2) is 6.10 Å². The molecule has 0 radical (unpaired) electrons. The van der Waals surface area contributed by atoms with Crippen LogP contribution in [-0.2, 0) is 17.6 Å². The van der Waals surface area contributed by atoms with Gasteiger partial charge in [-0.3, -0.25) is 10.1 Å². The van der Waals surface area contributed by atoms with E-state index in [0.717, 1.165) is 34.9 Å². The van der Waals surface area contributed by atoms with E-state index in [1.807, 2.05) is 37.3 Å². The maximum absolute atomic E-state index is 12.8. The summed E-state index contributed by atoms with van der Waals surface area (Å²) in [6.07, 6.45) is 4.64. The highest BCUT2D eigenvalue weighted by molar-refractivity contribution is 7.18. The number of anilines is 1. The molecule has 1 amide bonds. The lowest BCUT2D eigenvalue weighted by Crippen LogP contribution is -2.32. The first-order chi connectivity index (χ1) is 14.7. The molecule has 1 atom stereocenters. The van der Waals surface area contributed by atoms with Crippen LogP contribution in [0.15, 0.2) is 42.5 Å². The largest absolute Gasteiger partial charge is 0.497 e. The average Bonchev–Trinajstić information content (AvgIpc) is 3.25. The zero-order valence-corrected chi connectivity index (χ0v) is 18.0. The summed E-state index contributed by atoms with van der Waals surface area (Å²) in [5.41, 5.74) is 3.65. The first kappa shape index (κ1) is 20.3. The van der Waals surface area contributed by atoms with Gasteiger partial charge in [0.2, 0.25) is 5.13 Å². The van der Waals surface area contributed by atoms with Crippen LogP contribution in [0.3, 0.4) is 0 Å². The Kier molecular flexibility index (Phi) is 6.28. The van der Waals surface area contributed by atoms with Gasteiger partial charge in [-0.05, 0) is 79.6 Å². The number of aromatic nitrogens is 2. The fourth-order valence-electron chi connectivity index (χ4n) is 3.58. The van der Waals surface area contributed by atoms with Gasteiger partial charge in [0.05, 0.1) is 7.11 Å². The Bertz CT molecular complexity index is 1020. The summed E-state index contributed by atoms with van der Waals surface area (Å²) in [5.74, 6) is 1.31. The summed E-state index contributed by atoms with van der Waals surface area (Å²) in [4.78, 5) is 12.8. The molecule has 1 N–H and O–H groups in total. The summed E-state index contributed by atoms with van der Waals surface area (Å²) in [6, 6.07) is 13.7. The molecule has 4 rings (SSSR count). The monoisotopic (exact) mass is 423 g/mol. The number of nitrogens with zero attached hydrogens (tertiary/aromatic N) is 2. The third kappa shape index (κ3) is 4.62. The molecule has 1 aliphatic carbocycles.